The molecular weight excluding hydrogens is 258 g/mol. The van der Waals surface area contributed by atoms with Crippen LogP contribution in [0.4, 0.5) is 5.69 Å². The van der Waals surface area contributed by atoms with E-state index in [2.05, 4.69) is 12.2 Å². The molecule has 1 aliphatic heterocycles. The van der Waals surface area contributed by atoms with E-state index in [-0.39, 0.29) is 5.57 Å². The molecule has 0 amide bonds. The van der Waals surface area contributed by atoms with Crippen LogP contribution in [0.2, 0.25) is 0 Å². The van der Waals surface area contributed by atoms with E-state index < -0.39 is 17.7 Å². The van der Waals surface area contributed by atoms with Gasteiger partial charge in [-0.2, -0.15) is 0 Å². The molecule has 0 atom stereocenters. The Morgan fingerprint density at radius 3 is 2.45 bits per heavy atom. The van der Waals surface area contributed by atoms with Crippen LogP contribution in [0.3, 0.4) is 0 Å². The van der Waals surface area contributed by atoms with E-state index in [1.165, 1.54) is 20.0 Å². The Labute approximate surface area is 117 Å². The number of anilines is 1. The lowest BCUT2D eigenvalue weighted by Crippen LogP contribution is -2.42. The number of rotatable bonds is 3. The van der Waals surface area contributed by atoms with Crippen molar-refractivity contribution in [3.8, 4) is 0 Å². The highest BCUT2D eigenvalue weighted by atomic mass is 16.7. The van der Waals surface area contributed by atoms with Gasteiger partial charge in [-0.15, -0.1) is 0 Å². The second-order valence-corrected chi connectivity index (χ2v) is 4.94. The molecule has 2 rings (SSSR count). The van der Waals surface area contributed by atoms with E-state index in [0.29, 0.717) is 0 Å². The average molecular weight is 275 g/mol. The number of aryl methyl sites for hydroxylation is 1. The number of hydrogen-bond donors (Lipinski definition) is 1. The Bertz CT molecular complexity index is 553. The van der Waals surface area contributed by atoms with Crippen molar-refractivity contribution in [2.24, 2.45) is 0 Å². The molecule has 1 saturated heterocycles. The van der Waals surface area contributed by atoms with E-state index in [9.17, 15) is 9.59 Å². The number of carbonyl (C=O) groups excluding carboxylic acids is 2. The van der Waals surface area contributed by atoms with Gasteiger partial charge in [-0.3, -0.25) is 0 Å². The van der Waals surface area contributed by atoms with Gasteiger partial charge in [0.25, 0.3) is 5.79 Å². The number of esters is 2. The molecular formula is C15H17NO4. The first-order valence-electron chi connectivity index (χ1n) is 6.43. The molecule has 1 aliphatic rings. The van der Waals surface area contributed by atoms with Gasteiger partial charge in [-0.1, -0.05) is 19.1 Å². The third-order valence-corrected chi connectivity index (χ3v) is 2.84. The molecule has 0 unspecified atom stereocenters. The first-order chi connectivity index (χ1) is 9.41. The maximum Gasteiger partial charge on any atom is 0.350 e. The van der Waals surface area contributed by atoms with E-state index in [1.807, 2.05) is 24.3 Å². The van der Waals surface area contributed by atoms with Crippen molar-refractivity contribution >= 4 is 17.6 Å². The van der Waals surface area contributed by atoms with Crippen molar-refractivity contribution in [3.05, 3.63) is 41.6 Å². The molecule has 5 nitrogen and oxygen atoms in total. The van der Waals surface area contributed by atoms with Crippen molar-refractivity contribution in [3.63, 3.8) is 0 Å². The Morgan fingerprint density at radius 2 is 1.85 bits per heavy atom. The maximum atomic E-state index is 11.7. The molecule has 20 heavy (non-hydrogen) atoms. The van der Waals surface area contributed by atoms with Crippen LogP contribution in [-0.4, -0.2) is 17.7 Å². The van der Waals surface area contributed by atoms with Crippen LogP contribution in [0.15, 0.2) is 36.0 Å². The number of cyclic esters (lactones) is 2. The Kier molecular flexibility index (Phi) is 3.79. The molecule has 1 heterocycles. The SMILES string of the molecule is CCc1cccc(NC=C2C(=O)OC(C)(C)OC2=O)c1. The minimum atomic E-state index is -1.21. The fourth-order valence-corrected chi connectivity index (χ4v) is 1.81. The fraction of sp³-hybridized carbons (Fsp3) is 0.333. The van der Waals surface area contributed by atoms with Crippen molar-refractivity contribution in [1.82, 2.24) is 0 Å². The van der Waals surface area contributed by atoms with Crippen LogP contribution in [-0.2, 0) is 25.5 Å². The largest absolute Gasteiger partial charge is 0.419 e. The third-order valence-electron chi connectivity index (χ3n) is 2.84. The Hall–Kier alpha value is -2.30. The number of carbonyl (C=O) groups is 2. The number of hydrogen-bond acceptors (Lipinski definition) is 5. The zero-order valence-electron chi connectivity index (χ0n) is 11.7. The molecule has 1 aromatic rings. The van der Waals surface area contributed by atoms with Crippen molar-refractivity contribution in [1.29, 1.82) is 0 Å². The predicted molar refractivity (Wildman–Crippen MR) is 73.8 cm³/mol. The van der Waals surface area contributed by atoms with E-state index in [0.717, 1.165) is 17.7 Å². The smallest absolute Gasteiger partial charge is 0.350 e. The Morgan fingerprint density at radius 1 is 1.20 bits per heavy atom. The maximum absolute atomic E-state index is 11.7. The summed E-state index contributed by atoms with van der Waals surface area (Å²) in [4.78, 5) is 23.5. The summed E-state index contributed by atoms with van der Waals surface area (Å²) in [5, 5.41) is 2.91. The van der Waals surface area contributed by atoms with Gasteiger partial charge in [0.2, 0.25) is 0 Å². The average Bonchev–Trinajstić information content (AvgIpc) is 2.36. The summed E-state index contributed by atoms with van der Waals surface area (Å²) in [5.41, 5.74) is 1.80. The summed E-state index contributed by atoms with van der Waals surface area (Å²) >= 11 is 0. The lowest BCUT2D eigenvalue weighted by Gasteiger charge is -2.29. The van der Waals surface area contributed by atoms with Crippen LogP contribution >= 0.6 is 0 Å². The first-order valence-corrected chi connectivity index (χ1v) is 6.43. The molecule has 1 fully saturated rings. The second kappa shape index (κ2) is 5.36. The van der Waals surface area contributed by atoms with Gasteiger partial charge >= 0.3 is 11.9 Å². The molecule has 0 radical (unpaired) electrons. The molecule has 106 valence electrons. The summed E-state index contributed by atoms with van der Waals surface area (Å²) in [7, 11) is 0. The molecule has 1 aromatic carbocycles. The quantitative estimate of drug-likeness (QED) is 0.521. The third kappa shape index (κ3) is 3.17. The number of nitrogens with one attached hydrogen (secondary N) is 1. The van der Waals surface area contributed by atoms with Crippen LogP contribution in [0.25, 0.3) is 0 Å². The molecule has 0 saturated carbocycles. The van der Waals surface area contributed by atoms with E-state index >= 15 is 0 Å². The topological polar surface area (TPSA) is 64.6 Å². The fourth-order valence-electron chi connectivity index (χ4n) is 1.81. The molecule has 1 N–H and O–H groups in total. The van der Waals surface area contributed by atoms with Crippen LogP contribution in [0.1, 0.15) is 26.3 Å². The standard InChI is InChI=1S/C15H17NO4/c1-4-10-6-5-7-11(8-10)16-9-12-13(17)19-15(2,3)20-14(12)18/h5-9,16H,4H2,1-3H3. The van der Waals surface area contributed by atoms with Crippen molar-refractivity contribution in [2.45, 2.75) is 33.0 Å². The van der Waals surface area contributed by atoms with Gasteiger partial charge in [0.05, 0.1) is 0 Å². The molecule has 0 aliphatic carbocycles. The number of benzene rings is 1. The van der Waals surface area contributed by atoms with Crippen LogP contribution < -0.4 is 5.32 Å². The minimum Gasteiger partial charge on any atom is -0.419 e. The Balaban J connectivity index is 2.15. The summed E-state index contributed by atoms with van der Waals surface area (Å²) in [5.74, 6) is -2.59. The lowest BCUT2D eigenvalue weighted by molar-refractivity contribution is -0.222. The van der Waals surface area contributed by atoms with Gasteiger partial charge in [-0.05, 0) is 24.1 Å². The highest BCUT2D eigenvalue weighted by Crippen LogP contribution is 2.22. The minimum absolute atomic E-state index is 0.147. The molecule has 0 aromatic heterocycles. The zero-order chi connectivity index (χ0) is 14.8. The van der Waals surface area contributed by atoms with Gasteiger partial charge in [0.1, 0.15) is 0 Å². The predicted octanol–water partition coefficient (Wildman–Crippen LogP) is 2.38. The highest BCUT2D eigenvalue weighted by molar-refractivity contribution is 6.15. The summed E-state index contributed by atoms with van der Waals surface area (Å²) < 4.78 is 10.00. The highest BCUT2D eigenvalue weighted by Gasteiger charge is 2.38. The monoisotopic (exact) mass is 275 g/mol. The van der Waals surface area contributed by atoms with Gasteiger partial charge in [0, 0.05) is 25.7 Å². The lowest BCUT2D eigenvalue weighted by atomic mass is 10.1. The second-order valence-electron chi connectivity index (χ2n) is 4.94. The molecule has 5 heteroatoms. The van der Waals surface area contributed by atoms with Crippen LogP contribution in [0.5, 0.6) is 0 Å². The van der Waals surface area contributed by atoms with Crippen molar-refractivity contribution < 1.29 is 19.1 Å². The van der Waals surface area contributed by atoms with Gasteiger partial charge in [-0.25, -0.2) is 9.59 Å². The van der Waals surface area contributed by atoms with E-state index in [1.54, 1.807) is 0 Å². The van der Waals surface area contributed by atoms with E-state index in [4.69, 9.17) is 9.47 Å². The first kappa shape index (κ1) is 14.1. The van der Waals surface area contributed by atoms with Crippen molar-refractivity contribution in [2.75, 3.05) is 5.32 Å². The molecule has 0 spiro atoms. The zero-order valence-corrected chi connectivity index (χ0v) is 11.7. The van der Waals surface area contributed by atoms with Gasteiger partial charge < -0.3 is 14.8 Å². The van der Waals surface area contributed by atoms with Gasteiger partial charge in [0.15, 0.2) is 5.57 Å². The normalized spacial score (nSPS) is 17.2. The number of ether oxygens (including phenoxy) is 2. The summed E-state index contributed by atoms with van der Waals surface area (Å²) in [6.45, 7) is 5.07. The molecule has 0 bridgehead atoms. The van der Waals surface area contributed by atoms with Crippen LogP contribution in [0, 0.1) is 0 Å². The summed E-state index contributed by atoms with van der Waals surface area (Å²) in [6, 6.07) is 7.70. The summed E-state index contributed by atoms with van der Waals surface area (Å²) in [6.07, 6.45) is 2.22.